The number of hydrogen-bond donors (Lipinski definition) is 1. The van der Waals surface area contributed by atoms with Crippen LogP contribution in [-0.4, -0.2) is 39.4 Å². The van der Waals surface area contributed by atoms with Crippen LogP contribution in [0.2, 0.25) is 0 Å². The van der Waals surface area contributed by atoms with Gasteiger partial charge in [0.2, 0.25) is 10.0 Å². The molecule has 0 aliphatic rings. The fraction of sp³-hybridized carbons (Fsp3) is 0.417. The van der Waals surface area contributed by atoms with E-state index in [2.05, 4.69) is 4.74 Å². The largest absolute Gasteiger partial charge is 0.469 e. The van der Waals surface area contributed by atoms with Crippen molar-refractivity contribution in [2.45, 2.75) is 17.7 Å². The first-order chi connectivity index (χ1) is 9.30. The molecule has 0 atom stereocenters. The Bertz CT molecular complexity index is 569. The number of esters is 1. The topological polar surface area (TPSA) is 89.7 Å². The van der Waals surface area contributed by atoms with Crippen LogP contribution >= 0.6 is 0 Å². The zero-order chi connectivity index (χ0) is 15.3. The van der Waals surface area contributed by atoms with Crippen LogP contribution in [0.5, 0.6) is 0 Å². The fourth-order valence-electron chi connectivity index (χ4n) is 1.62. The molecule has 0 fully saturated rings. The number of sulfonamides is 1. The minimum atomic E-state index is -4.02. The predicted molar refractivity (Wildman–Crippen MR) is 71.9 cm³/mol. The molecule has 0 unspecified atom stereocenters. The Kier molecular flexibility index (Phi) is 5.46. The molecular formula is C12H17FN2O4S. The van der Waals surface area contributed by atoms with Crippen LogP contribution in [0.15, 0.2) is 23.1 Å². The van der Waals surface area contributed by atoms with Gasteiger partial charge in [-0.3, -0.25) is 4.79 Å². The number of rotatable bonds is 6. The number of hydrogen-bond acceptors (Lipinski definition) is 5. The number of benzene rings is 1. The molecule has 0 saturated heterocycles. The summed E-state index contributed by atoms with van der Waals surface area (Å²) in [5, 5.41) is 0. The van der Waals surface area contributed by atoms with Crippen molar-refractivity contribution >= 4 is 21.7 Å². The molecule has 0 radical (unpaired) electrons. The minimum Gasteiger partial charge on any atom is -0.469 e. The van der Waals surface area contributed by atoms with Crippen LogP contribution in [0.1, 0.15) is 12.8 Å². The van der Waals surface area contributed by atoms with Gasteiger partial charge in [0.1, 0.15) is 10.7 Å². The molecule has 8 heteroatoms. The molecule has 0 aromatic heterocycles. The zero-order valence-corrected chi connectivity index (χ0v) is 12.1. The maximum atomic E-state index is 13.7. The lowest BCUT2D eigenvalue weighted by Crippen LogP contribution is -2.29. The van der Waals surface area contributed by atoms with Gasteiger partial charge in [0.25, 0.3) is 0 Å². The van der Waals surface area contributed by atoms with Gasteiger partial charge in [-0.1, -0.05) is 6.07 Å². The molecule has 6 nitrogen and oxygen atoms in total. The van der Waals surface area contributed by atoms with E-state index in [1.54, 1.807) is 0 Å². The van der Waals surface area contributed by atoms with Gasteiger partial charge in [-0.05, 0) is 18.6 Å². The van der Waals surface area contributed by atoms with Gasteiger partial charge in [-0.2, -0.15) is 0 Å². The normalized spacial score (nSPS) is 11.6. The average Bonchev–Trinajstić information content (AvgIpc) is 2.37. The Hall–Kier alpha value is -1.67. The highest BCUT2D eigenvalue weighted by Gasteiger charge is 2.26. The van der Waals surface area contributed by atoms with Crippen LogP contribution in [-0.2, 0) is 19.6 Å². The van der Waals surface area contributed by atoms with Gasteiger partial charge >= 0.3 is 5.97 Å². The highest BCUT2D eigenvalue weighted by Crippen LogP contribution is 2.24. The van der Waals surface area contributed by atoms with E-state index in [4.69, 9.17) is 5.73 Å². The van der Waals surface area contributed by atoms with E-state index in [1.807, 2.05) is 0 Å². The maximum absolute atomic E-state index is 13.7. The van der Waals surface area contributed by atoms with Crippen molar-refractivity contribution in [3.8, 4) is 0 Å². The third-order valence-electron chi connectivity index (χ3n) is 2.75. The molecule has 1 aromatic carbocycles. The molecule has 0 spiro atoms. The summed E-state index contributed by atoms with van der Waals surface area (Å²) >= 11 is 0. The Morgan fingerprint density at radius 3 is 2.65 bits per heavy atom. The Morgan fingerprint density at radius 1 is 1.45 bits per heavy atom. The number of carbonyl (C=O) groups is 1. The van der Waals surface area contributed by atoms with Crippen molar-refractivity contribution in [1.29, 1.82) is 0 Å². The Morgan fingerprint density at radius 2 is 2.10 bits per heavy atom. The predicted octanol–water partition coefficient (Wildman–Crippen LogP) is 0.982. The van der Waals surface area contributed by atoms with Crippen LogP contribution < -0.4 is 5.73 Å². The molecule has 112 valence electrons. The van der Waals surface area contributed by atoms with Gasteiger partial charge < -0.3 is 10.5 Å². The first kappa shape index (κ1) is 16.4. The second kappa shape index (κ2) is 6.67. The number of ether oxygens (including phenoxy) is 1. The lowest BCUT2D eigenvalue weighted by atomic mass is 10.3. The number of carbonyl (C=O) groups excluding carboxylic acids is 1. The molecule has 20 heavy (non-hydrogen) atoms. The molecule has 0 heterocycles. The summed E-state index contributed by atoms with van der Waals surface area (Å²) in [7, 11) is -1.47. The molecule has 1 aromatic rings. The summed E-state index contributed by atoms with van der Waals surface area (Å²) in [6.45, 7) is 0.0607. The quantitative estimate of drug-likeness (QED) is 0.625. The molecule has 0 aliphatic heterocycles. The number of methoxy groups -OCH3 is 1. The van der Waals surface area contributed by atoms with Gasteiger partial charge in [0.15, 0.2) is 0 Å². The first-order valence-electron chi connectivity index (χ1n) is 5.88. The van der Waals surface area contributed by atoms with E-state index in [1.165, 1.54) is 26.3 Å². The second-order valence-corrected chi connectivity index (χ2v) is 6.15. The van der Waals surface area contributed by atoms with Crippen LogP contribution in [0, 0.1) is 5.82 Å². The molecule has 0 aliphatic carbocycles. The number of nitrogens with zero attached hydrogens (tertiary/aromatic N) is 1. The standard InChI is InChI=1S/C12H17FN2O4S/c1-15(8-4-7-11(16)19-2)20(17,18)12-9(13)5-3-6-10(12)14/h3,5-6H,4,7-8,14H2,1-2H3. The molecule has 0 amide bonds. The summed E-state index contributed by atoms with van der Waals surface area (Å²) in [5.74, 6) is -1.33. The van der Waals surface area contributed by atoms with E-state index < -0.39 is 26.7 Å². The van der Waals surface area contributed by atoms with Gasteiger partial charge in [0.05, 0.1) is 12.8 Å². The maximum Gasteiger partial charge on any atom is 0.305 e. The Balaban J connectivity index is 2.86. The molecule has 1 rings (SSSR count). The van der Waals surface area contributed by atoms with E-state index in [0.29, 0.717) is 0 Å². The molecule has 0 bridgehead atoms. The van der Waals surface area contributed by atoms with Crippen molar-refractivity contribution in [1.82, 2.24) is 4.31 Å². The van der Waals surface area contributed by atoms with Gasteiger partial charge in [-0.15, -0.1) is 0 Å². The molecule has 2 N–H and O–H groups in total. The first-order valence-corrected chi connectivity index (χ1v) is 7.32. The number of anilines is 1. The van der Waals surface area contributed by atoms with Crippen molar-refractivity contribution < 1.29 is 22.3 Å². The molecular weight excluding hydrogens is 287 g/mol. The van der Waals surface area contributed by atoms with E-state index in [-0.39, 0.29) is 25.1 Å². The van der Waals surface area contributed by atoms with E-state index in [0.717, 1.165) is 10.4 Å². The summed E-state index contributed by atoms with van der Waals surface area (Å²) in [6.07, 6.45) is 0.361. The van der Waals surface area contributed by atoms with Crippen molar-refractivity contribution in [3.05, 3.63) is 24.0 Å². The number of nitrogens with two attached hydrogens (primary N) is 1. The zero-order valence-electron chi connectivity index (χ0n) is 11.3. The Labute approximate surface area is 117 Å². The monoisotopic (exact) mass is 304 g/mol. The lowest BCUT2D eigenvalue weighted by molar-refractivity contribution is -0.140. The van der Waals surface area contributed by atoms with Crippen LogP contribution in [0.25, 0.3) is 0 Å². The lowest BCUT2D eigenvalue weighted by Gasteiger charge is -2.18. The highest BCUT2D eigenvalue weighted by atomic mass is 32.2. The van der Waals surface area contributed by atoms with Crippen LogP contribution in [0.3, 0.4) is 0 Å². The average molecular weight is 304 g/mol. The SMILES string of the molecule is COC(=O)CCCN(C)S(=O)(=O)c1c(N)cccc1F. The fourth-order valence-corrected chi connectivity index (χ4v) is 2.98. The smallest absolute Gasteiger partial charge is 0.305 e. The van der Waals surface area contributed by atoms with E-state index in [9.17, 15) is 17.6 Å². The summed E-state index contributed by atoms with van der Waals surface area (Å²) in [4.78, 5) is 10.4. The van der Waals surface area contributed by atoms with Gasteiger partial charge in [-0.25, -0.2) is 17.1 Å². The molecule has 0 saturated carbocycles. The van der Waals surface area contributed by atoms with Crippen LogP contribution in [0.4, 0.5) is 10.1 Å². The highest BCUT2D eigenvalue weighted by molar-refractivity contribution is 7.89. The van der Waals surface area contributed by atoms with E-state index >= 15 is 0 Å². The van der Waals surface area contributed by atoms with Crippen molar-refractivity contribution in [2.24, 2.45) is 0 Å². The number of halogens is 1. The third kappa shape index (κ3) is 3.67. The second-order valence-electron chi connectivity index (χ2n) is 4.16. The van der Waals surface area contributed by atoms with Crippen molar-refractivity contribution in [3.63, 3.8) is 0 Å². The summed E-state index contributed by atoms with van der Waals surface area (Å²) in [5.41, 5.74) is 5.38. The van der Waals surface area contributed by atoms with Gasteiger partial charge in [0, 0.05) is 20.0 Å². The number of nitrogen functional groups attached to an aromatic ring is 1. The summed E-state index contributed by atoms with van der Waals surface area (Å²) < 4.78 is 43.5. The summed E-state index contributed by atoms with van der Waals surface area (Å²) in [6, 6.07) is 3.69. The third-order valence-corrected chi connectivity index (χ3v) is 4.70. The van der Waals surface area contributed by atoms with Crippen molar-refractivity contribution in [2.75, 3.05) is 26.4 Å². The minimum absolute atomic E-state index is 0.0607.